The molecule has 2 N–H and O–H groups in total. The quantitative estimate of drug-likeness (QED) is 0.552. The molecule has 0 aliphatic heterocycles. The number of hydrogen-bond acceptors (Lipinski definition) is 4. The number of carbonyl (C=O) groups is 2. The first-order valence-corrected chi connectivity index (χ1v) is 10.4. The molecule has 1 unspecified atom stereocenters. The summed E-state index contributed by atoms with van der Waals surface area (Å²) in [6, 6.07) is 5.28. The molecule has 0 heterocycles. The summed E-state index contributed by atoms with van der Waals surface area (Å²) in [4.78, 5) is 23.7. The van der Waals surface area contributed by atoms with Gasteiger partial charge in [0.1, 0.15) is 5.60 Å². The number of rotatable bonds is 10. The fourth-order valence-electron chi connectivity index (χ4n) is 3.05. The van der Waals surface area contributed by atoms with Crippen molar-refractivity contribution in [3.63, 3.8) is 0 Å². The number of halogens is 2. The lowest BCUT2D eigenvalue weighted by molar-refractivity contribution is -0.148. The molecule has 8 heteroatoms. The second-order valence-corrected chi connectivity index (χ2v) is 8.39. The Morgan fingerprint density at radius 1 is 1.33 bits per heavy atom. The van der Waals surface area contributed by atoms with Crippen LogP contribution in [0.2, 0.25) is 10.0 Å². The average Bonchev–Trinajstić information content (AvgIpc) is 2.68. The summed E-state index contributed by atoms with van der Waals surface area (Å²) in [5.74, 6) is -1.22. The second-order valence-electron chi connectivity index (χ2n) is 7.55. The van der Waals surface area contributed by atoms with E-state index in [4.69, 9.17) is 37.8 Å². The van der Waals surface area contributed by atoms with Crippen molar-refractivity contribution in [2.75, 3.05) is 13.7 Å². The van der Waals surface area contributed by atoms with Gasteiger partial charge >= 0.3 is 5.97 Å². The van der Waals surface area contributed by atoms with Crippen molar-refractivity contribution in [1.29, 1.82) is 0 Å². The number of carboxylic acid groups (broad SMARTS) is 1. The molecule has 6 nitrogen and oxygen atoms in total. The van der Waals surface area contributed by atoms with Gasteiger partial charge in [0.2, 0.25) is 0 Å². The number of ether oxygens (including phenoxy) is 2. The third kappa shape index (κ3) is 7.13. The van der Waals surface area contributed by atoms with E-state index in [-0.39, 0.29) is 18.4 Å². The van der Waals surface area contributed by atoms with Gasteiger partial charge in [-0.15, -0.1) is 0 Å². The second kappa shape index (κ2) is 11.0. The minimum absolute atomic E-state index is 0.221. The number of methoxy groups -OCH3 is 1. The Bertz CT molecular complexity index is 835. The third-order valence-corrected chi connectivity index (χ3v) is 5.39. The lowest BCUT2D eigenvalue weighted by Gasteiger charge is -2.29. The molecule has 1 aromatic carbocycles. The summed E-state index contributed by atoms with van der Waals surface area (Å²) in [5, 5.41) is 13.1. The molecule has 0 spiro atoms. The molecule has 0 saturated carbocycles. The van der Waals surface area contributed by atoms with Crippen LogP contribution in [0.5, 0.6) is 0 Å². The van der Waals surface area contributed by atoms with Gasteiger partial charge in [-0.05, 0) is 50.0 Å². The largest absolute Gasteiger partial charge is 0.479 e. The van der Waals surface area contributed by atoms with E-state index in [1.165, 1.54) is 7.11 Å². The van der Waals surface area contributed by atoms with Crippen LogP contribution in [0.3, 0.4) is 0 Å². The molecule has 2 atom stereocenters. The standard InChI is InChI=1S/C22H27Cl2NO5/c1-22(2,21(28)25-11-10-15-6-7-16(23)13-18(15)24)30-17-8-4-14(5-9-17)12-19(29-3)20(26)27/h4-8,13,17,19H,9-12H2,1-3H3,(H,25,28)(H,26,27)/t17?,19-/m0/s1. The summed E-state index contributed by atoms with van der Waals surface area (Å²) in [7, 11) is 1.37. The number of allylic oxidation sites excluding steroid dienone is 1. The first-order chi connectivity index (χ1) is 14.1. The van der Waals surface area contributed by atoms with Crippen molar-refractivity contribution < 1.29 is 24.2 Å². The monoisotopic (exact) mass is 455 g/mol. The summed E-state index contributed by atoms with van der Waals surface area (Å²) in [5.41, 5.74) is 0.746. The Hall–Kier alpha value is -1.86. The SMILES string of the molecule is CO[C@@H](CC1=CCC(OC(C)(C)C(=O)NCCc2ccc(Cl)cc2Cl)C=C1)C(=O)O. The molecule has 0 radical (unpaired) electrons. The first kappa shape index (κ1) is 24.4. The van der Waals surface area contributed by atoms with E-state index >= 15 is 0 Å². The minimum atomic E-state index is -1.03. The number of carbonyl (C=O) groups excluding carboxylic acids is 1. The lowest BCUT2D eigenvalue weighted by atomic mass is 9.99. The molecule has 2 rings (SSSR count). The molecule has 0 aromatic heterocycles. The Kier molecular flexibility index (Phi) is 8.92. The maximum absolute atomic E-state index is 12.6. The predicted molar refractivity (Wildman–Crippen MR) is 117 cm³/mol. The molecule has 1 amide bonds. The van der Waals surface area contributed by atoms with Crippen LogP contribution in [-0.4, -0.2) is 48.4 Å². The average molecular weight is 456 g/mol. The number of hydrogen-bond donors (Lipinski definition) is 2. The lowest BCUT2D eigenvalue weighted by Crippen LogP contribution is -2.46. The predicted octanol–water partition coefficient (Wildman–Crippen LogP) is 4.19. The zero-order valence-electron chi connectivity index (χ0n) is 17.3. The van der Waals surface area contributed by atoms with Crippen LogP contribution in [0.1, 0.15) is 32.3 Å². The van der Waals surface area contributed by atoms with Crippen LogP contribution < -0.4 is 5.32 Å². The van der Waals surface area contributed by atoms with E-state index in [0.717, 1.165) is 11.1 Å². The number of aliphatic carboxylic acids is 1. The highest BCUT2D eigenvalue weighted by molar-refractivity contribution is 6.35. The van der Waals surface area contributed by atoms with Crippen molar-refractivity contribution in [1.82, 2.24) is 5.32 Å². The van der Waals surface area contributed by atoms with E-state index in [1.54, 1.807) is 26.0 Å². The van der Waals surface area contributed by atoms with Crippen LogP contribution in [0.25, 0.3) is 0 Å². The van der Waals surface area contributed by atoms with Gasteiger partial charge in [-0.1, -0.05) is 47.5 Å². The van der Waals surface area contributed by atoms with Crippen LogP contribution in [0.4, 0.5) is 0 Å². The highest BCUT2D eigenvalue weighted by atomic mass is 35.5. The summed E-state index contributed by atoms with van der Waals surface area (Å²) < 4.78 is 10.9. The smallest absolute Gasteiger partial charge is 0.333 e. The van der Waals surface area contributed by atoms with Gasteiger partial charge in [-0.2, -0.15) is 0 Å². The van der Waals surface area contributed by atoms with Crippen LogP contribution >= 0.6 is 23.2 Å². The van der Waals surface area contributed by atoms with Crippen molar-refractivity contribution >= 4 is 35.1 Å². The van der Waals surface area contributed by atoms with Crippen LogP contribution in [0.15, 0.2) is 42.0 Å². The van der Waals surface area contributed by atoms with Gasteiger partial charge in [-0.3, -0.25) is 4.79 Å². The molecule has 0 bridgehead atoms. The maximum Gasteiger partial charge on any atom is 0.333 e. The summed E-state index contributed by atoms with van der Waals surface area (Å²) in [6.45, 7) is 3.86. The summed E-state index contributed by atoms with van der Waals surface area (Å²) >= 11 is 12.1. The molecule has 1 aliphatic rings. The Balaban J connectivity index is 1.82. The van der Waals surface area contributed by atoms with Crippen molar-refractivity contribution in [3.05, 3.63) is 57.6 Å². The molecule has 0 fully saturated rings. The van der Waals surface area contributed by atoms with Gasteiger partial charge in [0.25, 0.3) is 5.91 Å². The molecule has 0 saturated heterocycles. The van der Waals surface area contributed by atoms with Crippen LogP contribution in [0, 0.1) is 0 Å². The van der Waals surface area contributed by atoms with E-state index in [2.05, 4.69) is 5.32 Å². The molecular formula is C22H27Cl2NO5. The van der Waals surface area contributed by atoms with Gasteiger partial charge in [-0.25, -0.2) is 4.79 Å². The minimum Gasteiger partial charge on any atom is -0.479 e. The molecular weight excluding hydrogens is 429 g/mol. The number of carboxylic acids is 1. The zero-order chi connectivity index (χ0) is 22.3. The topological polar surface area (TPSA) is 84.9 Å². The highest BCUT2D eigenvalue weighted by Crippen LogP contribution is 2.23. The molecule has 164 valence electrons. The van der Waals surface area contributed by atoms with Crippen molar-refractivity contribution in [2.45, 2.75) is 50.9 Å². The normalized spacial score (nSPS) is 17.4. The Labute approximate surface area is 186 Å². The van der Waals surface area contributed by atoms with Gasteiger partial charge in [0, 0.05) is 30.1 Å². The number of nitrogens with one attached hydrogen (secondary N) is 1. The van der Waals surface area contributed by atoms with E-state index in [1.807, 2.05) is 24.3 Å². The fraction of sp³-hybridized carbons (Fsp3) is 0.455. The van der Waals surface area contributed by atoms with Gasteiger partial charge in [0.15, 0.2) is 6.10 Å². The molecule has 30 heavy (non-hydrogen) atoms. The first-order valence-electron chi connectivity index (χ1n) is 9.65. The fourth-order valence-corrected chi connectivity index (χ4v) is 3.55. The van der Waals surface area contributed by atoms with E-state index < -0.39 is 17.7 Å². The van der Waals surface area contributed by atoms with Gasteiger partial charge in [0.05, 0.1) is 6.10 Å². The Morgan fingerprint density at radius 2 is 2.07 bits per heavy atom. The molecule has 1 aliphatic carbocycles. The zero-order valence-corrected chi connectivity index (χ0v) is 18.8. The van der Waals surface area contributed by atoms with Crippen molar-refractivity contribution in [3.8, 4) is 0 Å². The number of amides is 1. The van der Waals surface area contributed by atoms with Gasteiger partial charge < -0.3 is 19.9 Å². The maximum atomic E-state index is 12.6. The van der Waals surface area contributed by atoms with Crippen molar-refractivity contribution in [2.24, 2.45) is 0 Å². The third-order valence-electron chi connectivity index (χ3n) is 4.81. The number of benzene rings is 1. The molecule has 1 aromatic rings. The van der Waals surface area contributed by atoms with E-state index in [9.17, 15) is 9.59 Å². The highest BCUT2D eigenvalue weighted by Gasteiger charge is 2.31. The summed E-state index contributed by atoms with van der Waals surface area (Å²) in [6.07, 6.45) is 5.84. The van der Waals surface area contributed by atoms with Crippen LogP contribution in [-0.2, 0) is 25.5 Å². The Morgan fingerprint density at radius 3 is 2.63 bits per heavy atom. The van der Waals surface area contributed by atoms with E-state index in [0.29, 0.717) is 29.4 Å².